The van der Waals surface area contributed by atoms with Gasteiger partial charge >= 0.3 is 6.09 Å². The monoisotopic (exact) mass is 412 g/mol. The van der Waals surface area contributed by atoms with E-state index < -0.39 is 11.6 Å². The molecule has 1 unspecified atom stereocenters. The number of carbonyl (C=O) groups excluding carboxylic acids is 1. The Morgan fingerprint density at radius 2 is 1.90 bits per heavy atom. The number of ether oxygens (including phenoxy) is 1. The molecule has 30 heavy (non-hydrogen) atoms. The highest BCUT2D eigenvalue weighted by Crippen LogP contribution is 2.35. The van der Waals surface area contributed by atoms with Crippen LogP contribution in [0.15, 0.2) is 36.4 Å². The fourth-order valence-corrected chi connectivity index (χ4v) is 5.20. The third kappa shape index (κ3) is 3.81. The van der Waals surface area contributed by atoms with Crippen molar-refractivity contribution in [2.45, 2.75) is 44.2 Å². The molecule has 1 aliphatic carbocycles. The molecule has 2 aromatic rings. The highest BCUT2D eigenvalue weighted by atomic mass is 19.1. The quantitative estimate of drug-likeness (QED) is 0.785. The average molecular weight is 412 g/mol. The number of piperidine rings is 3. The Labute approximate surface area is 175 Å². The maximum Gasteiger partial charge on any atom is 0.407 e. The molecule has 6 heteroatoms. The van der Waals surface area contributed by atoms with E-state index in [0.717, 1.165) is 68.9 Å². The number of fused-ring (bicyclic) bond motifs is 4. The normalized spacial score (nSPS) is 27.4. The van der Waals surface area contributed by atoms with E-state index in [0.29, 0.717) is 17.0 Å². The number of carbonyl (C=O) groups is 1. The Hall–Kier alpha value is -2.47. The van der Waals surface area contributed by atoms with Gasteiger partial charge in [0.2, 0.25) is 0 Å². The first-order chi connectivity index (χ1) is 14.6. The molecule has 2 bridgehead atoms. The zero-order valence-electron chi connectivity index (χ0n) is 16.9. The van der Waals surface area contributed by atoms with Crippen molar-refractivity contribution < 1.29 is 18.3 Å². The number of rotatable bonds is 3. The summed E-state index contributed by atoms with van der Waals surface area (Å²) in [6.07, 6.45) is 4.50. The number of nitrogens with zero attached hydrogens (tertiary/aromatic N) is 1. The molecule has 2 atom stereocenters. The van der Waals surface area contributed by atoms with Gasteiger partial charge in [0.15, 0.2) is 0 Å². The molecule has 3 aliphatic heterocycles. The number of hydrogen-bond acceptors (Lipinski definition) is 3. The highest BCUT2D eigenvalue weighted by Gasteiger charge is 2.37. The molecule has 1 amide bonds. The molecular weight excluding hydrogens is 386 g/mol. The van der Waals surface area contributed by atoms with Crippen LogP contribution in [0.25, 0.3) is 11.1 Å². The van der Waals surface area contributed by atoms with E-state index in [1.54, 1.807) is 0 Å². The van der Waals surface area contributed by atoms with Crippen molar-refractivity contribution in [2.75, 3.05) is 19.6 Å². The third-order valence-electron chi connectivity index (χ3n) is 6.85. The zero-order chi connectivity index (χ0) is 20.7. The third-order valence-corrected chi connectivity index (χ3v) is 6.85. The van der Waals surface area contributed by atoms with Gasteiger partial charge in [0.05, 0.1) is 6.04 Å². The van der Waals surface area contributed by atoms with Crippen LogP contribution >= 0.6 is 0 Å². The number of nitrogens with one attached hydrogen (secondary N) is 1. The van der Waals surface area contributed by atoms with Gasteiger partial charge in [-0.05, 0) is 86.0 Å². The van der Waals surface area contributed by atoms with Crippen LogP contribution in [0.3, 0.4) is 0 Å². The molecule has 1 N–H and O–H groups in total. The average Bonchev–Trinajstić information content (AvgIpc) is 2.75. The Bertz CT molecular complexity index is 956. The molecule has 0 radical (unpaired) electrons. The van der Waals surface area contributed by atoms with Gasteiger partial charge in [-0.2, -0.15) is 0 Å². The molecule has 2 aromatic carbocycles. The van der Waals surface area contributed by atoms with E-state index in [4.69, 9.17) is 4.74 Å². The fraction of sp³-hybridized carbons (Fsp3) is 0.458. The molecule has 3 saturated heterocycles. The minimum atomic E-state index is -0.593. The molecular formula is C24H26F2N2O2. The lowest BCUT2D eigenvalue weighted by atomic mass is 9.85. The van der Waals surface area contributed by atoms with E-state index in [9.17, 15) is 13.6 Å². The molecule has 4 nitrogen and oxygen atoms in total. The molecule has 3 fully saturated rings. The Balaban J connectivity index is 1.33. The van der Waals surface area contributed by atoms with E-state index in [-0.39, 0.29) is 18.2 Å². The predicted octanol–water partition coefficient (Wildman–Crippen LogP) is 4.83. The second-order valence-electron chi connectivity index (χ2n) is 8.71. The predicted molar refractivity (Wildman–Crippen MR) is 110 cm³/mol. The Morgan fingerprint density at radius 1 is 1.07 bits per heavy atom. The van der Waals surface area contributed by atoms with Gasteiger partial charge in [0.1, 0.15) is 17.7 Å². The molecule has 6 rings (SSSR count). The topological polar surface area (TPSA) is 41.6 Å². The van der Waals surface area contributed by atoms with Gasteiger partial charge < -0.3 is 10.1 Å². The molecule has 158 valence electrons. The number of hydrogen-bond donors (Lipinski definition) is 1. The van der Waals surface area contributed by atoms with E-state index in [2.05, 4.69) is 10.2 Å². The lowest BCUT2D eigenvalue weighted by Crippen LogP contribution is -2.52. The van der Waals surface area contributed by atoms with Crippen LogP contribution in [0.2, 0.25) is 0 Å². The summed E-state index contributed by atoms with van der Waals surface area (Å²) in [5, 5.41) is 3.05. The lowest BCUT2D eigenvalue weighted by molar-refractivity contribution is -0.0340. The summed E-state index contributed by atoms with van der Waals surface area (Å²) in [7, 11) is 0. The second-order valence-corrected chi connectivity index (χ2v) is 8.71. The van der Waals surface area contributed by atoms with Crippen LogP contribution in [0.5, 0.6) is 0 Å². The van der Waals surface area contributed by atoms with Crippen molar-refractivity contribution in [3.63, 3.8) is 0 Å². The number of alkyl carbamates (subject to hydrolysis) is 1. The van der Waals surface area contributed by atoms with Crippen LogP contribution in [-0.4, -0.2) is 36.7 Å². The van der Waals surface area contributed by atoms with E-state index in [1.165, 1.54) is 12.1 Å². The SMILES string of the molecule is O=C(NC1CCCc2ccc(-c3ccc(F)cc3F)cc21)O[C@H]1CN2CCC1CC2. The molecule has 0 spiro atoms. The molecule has 3 heterocycles. The van der Waals surface area contributed by atoms with Crippen molar-refractivity contribution in [3.8, 4) is 11.1 Å². The summed E-state index contributed by atoms with van der Waals surface area (Å²) in [6, 6.07) is 9.23. The minimum Gasteiger partial charge on any atom is -0.445 e. The maximum absolute atomic E-state index is 14.3. The first kappa shape index (κ1) is 19.5. The maximum atomic E-state index is 14.3. The zero-order valence-corrected chi connectivity index (χ0v) is 16.9. The van der Waals surface area contributed by atoms with E-state index >= 15 is 0 Å². The smallest absolute Gasteiger partial charge is 0.407 e. The number of benzene rings is 2. The van der Waals surface area contributed by atoms with E-state index in [1.807, 2.05) is 18.2 Å². The van der Waals surface area contributed by atoms with Crippen molar-refractivity contribution in [2.24, 2.45) is 5.92 Å². The first-order valence-electron chi connectivity index (χ1n) is 10.8. The van der Waals surface area contributed by atoms with Crippen LogP contribution in [0.1, 0.15) is 42.9 Å². The van der Waals surface area contributed by atoms with Gasteiger partial charge in [-0.3, -0.25) is 4.90 Å². The first-order valence-corrected chi connectivity index (χ1v) is 10.8. The number of amides is 1. The summed E-state index contributed by atoms with van der Waals surface area (Å²) >= 11 is 0. The van der Waals surface area contributed by atoms with Crippen LogP contribution in [0, 0.1) is 17.6 Å². The van der Waals surface area contributed by atoms with Gasteiger partial charge in [-0.15, -0.1) is 0 Å². The second kappa shape index (κ2) is 7.99. The number of halogens is 2. The van der Waals surface area contributed by atoms with Gasteiger partial charge in [0.25, 0.3) is 0 Å². The molecule has 4 aliphatic rings. The Morgan fingerprint density at radius 3 is 2.63 bits per heavy atom. The summed E-state index contributed by atoms with van der Waals surface area (Å²) in [5.41, 5.74) is 3.19. The van der Waals surface area contributed by atoms with Gasteiger partial charge in [0, 0.05) is 18.2 Å². The molecule has 0 saturated carbocycles. The van der Waals surface area contributed by atoms with Crippen molar-refractivity contribution in [3.05, 3.63) is 59.2 Å². The standard InChI is InChI=1S/C24H26F2N2O2/c25-18-6-7-19(21(26)13-18)17-5-4-15-2-1-3-22(20(15)12-17)27-24(29)30-23-14-28-10-8-16(23)9-11-28/h4-7,12-13,16,22-23H,1-3,8-11,14H2,(H,27,29)/t22?,23-/m0/s1. The summed E-state index contributed by atoms with van der Waals surface area (Å²) < 4.78 is 33.4. The fourth-order valence-electron chi connectivity index (χ4n) is 5.20. The van der Waals surface area contributed by atoms with Gasteiger partial charge in [-0.25, -0.2) is 13.6 Å². The largest absolute Gasteiger partial charge is 0.445 e. The summed E-state index contributed by atoms with van der Waals surface area (Å²) in [5.74, 6) is -0.714. The van der Waals surface area contributed by atoms with Crippen LogP contribution < -0.4 is 5.32 Å². The van der Waals surface area contributed by atoms with Gasteiger partial charge in [-0.1, -0.05) is 12.1 Å². The minimum absolute atomic E-state index is 0.0322. The van der Waals surface area contributed by atoms with Crippen LogP contribution in [0.4, 0.5) is 13.6 Å². The Kier molecular flexibility index (Phi) is 5.19. The summed E-state index contributed by atoms with van der Waals surface area (Å²) in [4.78, 5) is 15.0. The molecule has 0 aromatic heterocycles. The van der Waals surface area contributed by atoms with Crippen LogP contribution in [-0.2, 0) is 11.2 Å². The van der Waals surface area contributed by atoms with Crippen molar-refractivity contribution >= 4 is 6.09 Å². The highest BCUT2D eigenvalue weighted by molar-refractivity contribution is 5.70. The number of aryl methyl sites for hydroxylation is 1. The van der Waals surface area contributed by atoms with Crippen molar-refractivity contribution in [1.82, 2.24) is 10.2 Å². The summed E-state index contributed by atoms with van der Waals surface area (Å²) in [6.45, 7) is 3.03. The van der Waals surface area contributed by atoms with Crippen molar-refractivity contribution in [1.29, 1.82) is 0 Å². The lowest BCUT2D eigenvalue weighted by Gasteiger charge is -2.44.